The van der Waals surface area contributed by atoms with Gasteiger partial charge in [-0.2, -0.15) is 0 Å². The first kappa shape index (κ1) is 14.6. The van der Waals surface area contributed by atoms with E-state index in [1.54, 1.807) is 6.92 Å². The van der Waals surface area contributed by atoms with Gasteiger partial charge in [-0.3, -0.25) is 4.79 Å². The van der Waals surface area contributed by atoms with Crippen LogP contribution in [-0.2, 0) is 22.4 Å². The molecule has 0 radical (unpaired) electrons. The Kier molecular flexibility index (Phi) is 5.76. The van der Waals surface area contributed by atoms with Gasteiger partial charge in [-0.25, -0.2) is 0 Å². The molecular formula is C16H22O2. The zero-order valence-electron chi connectivity index (χ0n) is 11.5. The van der Waals surface area contributed by atoms with Crippen LogP contribution in [0.2, 0.25) is 0 Å². The van der Waals surface area contributed by atoms with Gasteiger partial charge in [0.1, 0.15) is 11.6 Å². The highest BCUT2D eigenvalue weighted by Gasteiger charge is 2.07. The van der Waals surface area contributed by atoms with E-state index in [9.17, 15) is 9.59 Å². The molecule has 0 heterocycles. The first-order valence-electron chi connectivity index (χ1n) is 6.59. The molecular weight excluding hydrogens is 224 g/mol. The molecule has 0 saturated carbocycles. The third kappa shape index (κ3) is 5.26. The average molecular weight is 246 g/mol. The van der Waals surface area contributed by atoms with Gasteiger partial charge in [0.15, 0.2) is 0 Å². The van der Waals surface area contributed by atoms with E-state index in [4.69, 9.17) is 0 Å². The van der Waals surface area contributed by atoms with Gasteiger partial charge < -0.3 is 4.79 Å². The van der Waals surface area contributed by atoms with E-state index < -0.39 is 0 Å². The maximum absolute atomic E-state index is 11.5. The molecule has 1 aromatic carbocycles. The van der Waals surface area contributed by atoms with Crippen molar-refractivity contribution < 1.29 is 9.59 Å². The van der Waals surface area contributed by atoms with Crippen molar-refractivity contribution in [3.63, 3.8) is 0 Å². The molecule has 0 unspecified atom stereocenters. The van der Waals surface area contributed by atoms with Crippen molar-refractivity contribution in [2.24, 2.45) is 5.92 Å². The van der Waals surface area contributed by atoms with Crippen molar-refractivity contribution >= 4 is 11.6 Å². The lowest BCUT2D eigenvalue weighted by atomic mass is 9.99. The fourth-order valence-electron chi connectivity index (χ4n) is 1.75. The number of hydrogen-bond donors (Lipinski definition) is 0. The molecule has 0 bridgehead atoms. The Morgan fingerprint density at radius 1 is 0.944 bits per heavy atom. The van der Waals surface area contributed by atoms with Crippen molar-refractivity contribution in [2.75, 3.05) is 0 Å². The standard InChI is InChI=1S/C16H22O2/c1-12(2)16(18)11-10-15-8-6-14(7-9-15)5-4-13(3)17/h6-9,12H,4-5,10-11H2,1-3H3. The first-order chi connectivity index (χ1) is 8.49. The third-order valence-electron chi connectivity index (χ3n) is 3.09. The summed E-state index contributed by atoms with van der Waals surface area (Å²) >= 11 is 0. The number of rotatable bonds is 7. The number of carbonyl (C=O) groups excluding carboxylic acids is 2. The van der Waals surface area contributed by atoms with Crippen LogP contribution in [0.15, 0.2) is 24.3 Å². The number of hydrogen-bond acceptors (Lipinski definition) is 2. The summed E-state index contributed by atoms with van der Waals surface area (Å²) < 4.78 is 0. The quantitative estimate of drug-likeness (QED) is 0.739. The molecule has 0 N–H and O–H groups in total. The number of Topliss-reactive ketones (excluding diaryl/α,β-unsaturated/α-hetero) is 2. The van der Waals surface area contributed by atoms with Gasteiger partial charge in [0.2, 0.25) is 0 Å². The molecule has 0 aromatic heterocycles. The normalized spacial score (nSPS) is 10.7. The summed E-state index contributed by atoms with van der Waals surface area (Å²) in [6.45, 7) is 5.49. The molecule has 98 valence electrons. The summed E-state index contributed by atoms with van der Waals surface area (Å²) in [5.41, 5.74) is 2.37. The largest absolute Gasteiger partial charge is 0.300 e. The fourth-order valence-corrected chi connectivity index (χ4v) is 1.75. The Labute approximate surface area is 109 Å². The SMILES string of the molecule is CC(=O)CCc1ccc(CCC(=O)C(C)C)cc1. The molecule has 0 saturated heterocycles. The van der Waals surface area contributed by atoms with Crippen LogP contribution in [0.25, 0.3) is 0 Å². The smallest absolute Gasteiger partial charge is 0.135 e. The monoisotopic (exact) mass is 246 g/mol. The number of ketones is 2. The van der Waals surface area contributed by atoms with Crippen LogP contribution >= 0.6 is 0 Å². The molecule has 0 aliphatic heterocycles. The second kappa shape index (κ2) is 7.10. The minimum Gasteiger partial charge on any atom is -0.300 e. The summed E-state index contributed by atoms with van der Waals surface area (Å²) in [6, 6.07) is 8.22. The molecule has 0 spiro atoms. The van der Waals surface area contributed by atoms with Crippen molar-refractivity contribution in [3.05, 3.63) is 35.4 Å². The zero-order chi connectivity index (χ0) is 13.5. The van der Waals surface area contributed by atoms with Crippen LogP contribution in [0.4, 0.5) is 0 Å². The molecule has 18 heavy (non-hydrogen) atoms. The highest BCUT2D eigenvalue weighted by atomic mass is 16.1. The highest BCUT2D eigenvalue weighted by Crippen LogP contribution is 2.10. The minimum atomic E-state index is 0.125. The van der Waals surface area contributed by atoms with Crippen LogP contribution in [0.3, 0.4) is 0 Å². The second-order valence-corrected chi connectivity index (χ2v) is 5.14. The average Bonchev–Trinajstić information content (AvgIpc) is 2.34. The fraction of sp³-hybridized carbons (Fsp3) is 0.500. The molecule has 0 amide bonds. The number of carbonyl (C=O) groups is 2. The summed E-state index contributed by atoms with van der Waals surface area (Å²) in [6.07, 6.45) is 2.83. The van der Waals surface area contributed by atoms with Crippen LogP contribution in [0.1, 0.15) is 44.7 Å². The van der Waals surface area contributed by atoms with Gasteiger partial charge in [0.05, 0.1) is 0 Å². The van der Waals surface area contributed by atoms with Crippen LogP contribution in [0.5, 0.6) is 0 Å². The molecule has 0 aliphatic carbocycles. The minimum absolute atomic E-state index is 0.125. The Morgan fingerprint density at radius 2 is 1.39 bits per heavy atom. The van der Waals surface area contributed by atoms with Crippen LogP contribution in [-0.4, -0.2) is 11.6 Å². The first-order valence-corrected chi connectivity index (χ1v) is 6.59. The summed E-state index contributed by atoms with van der Waals surface area (Å²) in [4.78, 5) is 22.4. The van der Waals surface area contributed by atoms with Crippen molar-refractivity contribution in [1.29, 1.82) is 0 Å². The molecule has 0 fully saturated rings. The molecule has 1 rings (SSSR count). The maximum atomic E-state index is 11.5. The molecule has 0 atom stereocenters. The lowest BCUT2D eigenvalue weighted by Crippen LogP contribution is -2.07. The van der Waals surface area contributed by atoms with Crippen LogP contribution in [0, 0.1) is 5.92 Å². The van der Waals surface area contributed by atoms with Crippen molar-refractivity contribution in [2.45, 2.75) is 46.5 Å². The Balaban J connectivity index is 2.45. The van der Waals surface area contributed by atoms with Gasteiger partial charge >= 0.3 is 0 Å². The topological polar surface area (TPSA) is 34.1 Å². The van der Waals surface area contributed by atoms with E-state index in [0.717, 1.165) is 12.8 Å². The van der Waals surface area contributed by atoms with Gasteiger partial charge in [-0.1, -0.05) is 38.1 Å². The van der Waals surface area contributed by atoms with Crippen molar-refractivity contribution in [3.8, 4) is 0 Å². The third-order valence-corrected chi connectivity index (χ3v) is 3.09. The van der Waals surface area contributed by atoms with Gasteiger partial charge in [0, 0.05) is 18.8 Å². The summed E-state index contributed by atoms with van der Waals surface area (Å²) in [5.74, 6) is 0.664. The lowest BCUT2D eigenvalue weighted by molar-refractivity contribution is -0.121. The van der Waals surface area contributed by atoms with E-state index in [-0.39, 0.29) is 11.7 Å². The Hall–Kier alpha value is -1.44. The second-order valence-electron chi connectivity index (χ2n) is 5.14. The van der Waals surface area contributed by atoms with Crippen LogP contribution < -0.4 is 0 Å². The molecule has 2 nitrogen and oxygen atoms in total. The predicted molar refractivity (Wildman–Crippen MR) is 73.6 cm³/mol. The van der Waals surface area contributed by atoms with Crippen molar-refractivity contribution in [1.82, 2.24) is 0 Å². The molecule has 2 heteroatoms. The lowest BCUT2D eigenvalue weighted by Gasteiger charge is -2.05. The van der Waals surface area contributed by atoms with Gasteiger partial charge in [-0.15, -0.1) is 0 Å². The maximum Gasteiger partial charge on any atom is 0.135 e. The van der Waals surface area contributed by atoms with E-state index in [1.165, 1.54) is 11.1 Å². The van der Waals surface area contributed by atoms with E-state index in [1.807, 2.05) is 13.8 Å². The van der Waals surface area contributed by atoms with E-state index in [2.05, 4.69) is 24.3 Å². The van der Waals surface area contributed by atoms with E-state index in [0.29, 0.717) is 18.6 Å². The zero-order valence-corrected chi connectivity index (χ0v) is 11.5. The number of benzene rings is 1. The number of aryl methyl sites for hydroxylation is 2. The summed E-state index contributed by atoms with van der Waals surface area (Å²) in [5, 5.41) is 0. The van der Waals surface area contributed by atoms with Gasteiger partial charge in [0.25, 0.3) is 0 Å². The Bertz CT molecular complexity index is 402. The molecule has 0 aliphatic rings. The molecule has 1 aromatic rings. The van der Waals surface area contributed by atoms with Gasteiger partial charge in [-0.05, 0) is 30.9 Å². The predicted octanol–water partition coefficient (Wildman–Crippen LogP) is 3.37. The van der Waals surface area contributed by atoms with E-state index >= 15 is 0 Å². The Morgan fingerprint density at radius 3 is 1.78 bits per heavy atom. The summed E-state index contributed by atoms with van der Waals surface area (Å²) in [7, 11) is 0. The highest BCUT2D eigenvalue weighted by molar-refractivity contribution is 5.80.